The van der Waals surface area contributed by atoms with E-state index in [1.165, 1.54) is 6.92 Å². The Morgan fingerprint density at radius 3 is 2.79 bits per heavy atom. The average molecular weight is 392 g/mol. The number of ether oxygens (including phenoxy) is 1. The van der Waals surface area contributed by atoms with Crippen LogP contribution in [0.1, 0.15) is 35.9 Å². The Kier molecular flexibility index (Phi) is 5.55. The van der Waals surface area contributed by atoms with E-state index >= 15 is 0 Å². The van der Waals surface area contributed by atoms with E-state index < -0.39 is 0 Å². The topological polar surface area (TPSA) is 77.3 Å². The number of ketones is 1. The summed E-state index contributed by atoms with van der Waals surface area (Å²) in [6, 6.07) is 13.3. The van der Waals surface area contributed by atoms with Crippen LogP contribution < -0.4 is 0 Å². The van der Waals surface area contributed by atoms with Crippen LogP contribution in [0.4, 0.5) is 4.79 Å². The maximum atomic E-state index is 12.5. The molecule has 0 N–H and O–H groups in total. The molecule has 0 saturated carbocycles. The minimum atomic E-state index is -0.293. The molecular weight excluding hydrogens is 368 g/mol. The first-order valence-corrected chi connectivity index (χ1v) is 9.89. The summed E-state index contributed by atoms with van der Waals surface area (Å²) in [4.78, 5) is 35.2. The van der Waals surface area contributed by atoms with Gasteiger partial charge in [-0.2, -0.15) is 0 Å². The smallest absolute Gasteiger partial charge is 0.410 e. The van der Waals surface area contributed by atoms with Gasteiger partial charge in [0.25, 0.3) is 0 Å². The summed E-state index contributed by atoms with van der Waals surface area (Å²) >= 11 is 0. The maximum Gasteiger partial charge on any atom is 0.410 e. The largest absolute Gasteiger partial charge is 0.445 e. The number of carbonyl (C=O) groups is 2. The summed E-state index contributed by atoms with van der Waals surface area (Å²) in [5.74, 6) is 0.547. The fraction of sp³-hybridized carbons (Fsp3) is 0.364. The van der Waals surface area contributed by atoms with Crippen LogP contribution in [0.25, 0.3) is 11.2 Å². The van der Waals surface area contributed by atoms with Gasteiger partial charge in [-0.15, -0.1) is 0 Å². The quantitative estimate of drug-likeness (QED) is 0.619. The number of piperidine rings is 1. The van der Waals surface area contributed by atoms with E-state index in [2.05, 4.69) is 9.97 Å². The molecule has 0 radical (unpaired) electrons. The zero-order chi connectivity index (χ0) is 20.2. The maximum absolute atomic E-state index is 12.5. The average Bonchev–Trinajstić information content (AvgIpc) is 3.12. The number of rotatable bonds is 5. The SMILES string of the molecule is CC(=O)c1nc2cccnc2n1C[C@H]1CCCN(C(=O)OCc2ccccc2)C1. The van der Waals surface area contributed by atoms with E-state index in [0.29, 0.717) is 36.6 Å². The molecule has 1 aliphatic rings. The predicted octanol–water partition coefficient (Wildman–Crippen LogP) is 3.68. The molecule has 1 aliphatic heterocycles. The Morgan fingerprint density at radius 1 is 1.17 bits per heavy atom. The molecule has 2 aromatic heterocycles. The van der Waals surface area contributed by atoms with Crippen molar-refractivity contribution in [1.29, 1.82) is 0 Å². The lowest BCUT2D eigenvalue weighted by Gasteiger charge is -2.32. The Bertz CT molecular complexity index is 1020. The predicted molar refractivity (Wildman–Crippen MR) is 108 cm³/mol. The highest BCUT2D eigenvalue weighted by atomic mass is 16.6. The van der Waals surface area contributed by atoms with Gasteiger partial charge in [0.15, 0.2) is 17.3 Å². The van der Waals surface area contributed by atoms with Crippen LogP contribution in [0.15, 0.2) is 48.7 Å². The van der Waals surface area contributed by atoms with Gasteiger partial charge in [0.05, 0.1) is 0 Å². The van der Waals surface area contributed by atoms with Crippen LogP contribution in [0.5, 0.6) is 0 Å². The number of carbonyl (C=O) groups excluding carboxylic acids is 2. The zero-order valence-corrected chi connectivity index (χ0v) is 16.5. The van der Waals surface area contributed by atoms with Gasteiger partial charge in [-0.25, -0.2) is 14.8 Å². The highest BCUT2D eigenvalue weighted by molar-refractivity contribution is 5.94. The molecular formula is C22H24N4O3. The number of likely N-dealkylation sites (tertiary alicyclic amines) is 1. The Balaban J connectivity index is 1.44. The van der Waals surface area contributed by atoms with Gasteiger partial charge in [-0.3, -0.25) is 4.79 Å². The minimum absolute atomic E-state index is 0.0852. The summed E-state index contributed by atoms with van der Waals surface area (Å²) in [5, 5.41) is 0. The van der Waals surface area contributed by atoms with E-state index in [-0.39, 0.29) is 24.4 Å². The van der Waals surface area contributed by atoms with Gasteiger partial charge in [0.2, 0.25) is 0 Å². The highest BCUT2D eigenvalue weighted by Crippen LogP contribution is 2.23. The summed E-state index contributed by atoms with van der Waals surface area (Å²) in [5.41, 5.74) is 2.39. The zero-order valence-electron chi connectivity index (χ0n) is 16.5. The van der Waals surface area contributed by atoms with Gasteiger partial charge in [0, 0.05) is 32.8 Å². The van der Waals surface area contributed by atoms with Crippen molar-refractivity contribution in [2.45, 2.75) is 32.9 Å². The van der Waals surface area contributed by atoms with Gasteiger partial charge >= 0.3 is 6.09 Å². The minimum Gasteiger partial charge on any atom is -0.445 e. The molecule has 1 fully saturated rings. The second-order valence-electron chi connectivity index (χ2n) is 7.44. The number of nitrogens with zero attached hydrogens (tertiary/aromatic N) is 4. The van der Waals surface area contributed by atoms with Crippen LogP contribution >= 0.6 is 0 Å². The van der Waals surface area contributed by atoms with E-state index in [1.807, 2.05) is 47.0 Å². The summed E-state index contributed by atoms with van der Waals surface area (Å²) < 4.78 is 7.37. The number of imidazole rings is 1. The monoisotopic (exact) mass is 392 g/mol. The number of amides is 1. The molecule has 29 heavy (non-hydrogen) atoms. The third-order valence-corrected chi connectivity index (χ3v) is 5.24. The van der Waals surface area contributed by atoms with Crippen molar-refractivity contribution in [3.05, 3.63) is 60.0 Å². The van der Waals surface area contributed by atoms with Gasteiger partial charge in [-0.05, 0) is 36.5 Å². The molecule has 150 valence electrons. The second-order valence-corrected chi connectivity index (χ2v) is 7.44. The van der Waals surface area contributed by atoms with Gasteiger partial charge < -0.3 is 14.2 Å². The third-order valence-electron chi connectivity index (χ3n) is 5.24. The third kappa shape index (κ3) is 4.29. The molecule has 4 rings (SSSR count). The molecule has 0 spiro atoms. The summed E-state index contributed by atoms with van der Waals surface area (Å²) in [7, 11) is 0. The van der Waals surface area contributed by atoms with Gasteiger partial charge in [0.1, 0.15) is 12.1 Å². The number of benzene rings is 1. The lowest BCUT2D eigenvalue weighted by atomic mass is 9.98. The van der Waals surface area contributed by atoms with Crippen LogP contribution in [0.2, 0.25) is 0 Å². The van der Waals surface area contributed by atoms with Crippen molar-refractivity contribution in [2.75, 3.05) is 13.1 Å². The van der Waals surface area contributed by atoms with Gasteiger partial charge in [-0.1, -0.05) is 30.3 Å². The van der Waals surface area contributed by atoms with E-state index in [0.717, 1.165) is 18.4 Å². The van der Waals surface area contributed by atoms with Crippen molar-refractivity contribution in [3.63, 3.8) is 0 Å². The molecule has 1 aromatic carbocycles. The lowest BCUT2D eigenvalue weighted by molar-refractivity contribution is 0.0765. The molecule has 0 bridgehead atoms. The molecule has 3 aromatic rings. The number of hydrogen-bond acceptors (Lipinski definition) is 5. The van der Waals surface area contributed by atoms with Crippen LogP contribution in [0.3, 0.4) is 0 Å². The Hall–Kier alpha value is -3.22. The normalized spacial score (nSPS) is 16.7. The van der Waals surface area contributed by atoms with Crippen LogP contribution in [-0.4, -0.2) is 44.4 Å². The molecule has 1 amide bonds. The first-order valence-electron chi connectivity index (χ1n) is 9.89. The van der Waals surface area contributed by atoms with Crippen LogP contribution in [-0.2, 0) is 17.9 Å². The molecule has 3 heterocycles. The Morgan fingerprint density at radius 2 is 2.00 bits per heavy atom. The first-order chi connectivity index (χ1) is 14.1. The highest BCUT2D eigenvalue weighted by Gasteiger charge is 2.27. The van der Waals surface area contributed by atoms with E-state index in [9.17, 15) is 9.59 Å². The van der Waals surface area contributed by atoms with Crippen molar-refractivity contribution in [1.82, 2.24) is 19.4 Å². The number of pyridine rings is 1. The van der Waals surface area contributed by atoms with Crippen molar-refractivity contribution >= 4 is 23.0 Å². The fourth-order valence-electron chi connectivity index (χ4n) is 3.85. The van der Waals surface area contributed by atoms with Crippen molar-refractivity contribution < 1.29 is 14.3 Å². The van der Waals surface area contributed by atoms with Crippen molar-refractivity contribution in [3.8, 4) is 0 Å². The Labute approximate surface area is 169 Å². The number of Topliss-reactive ketones (excluding diaryl/α,β-unsaturated/α-hetero) is 1. The summed E-state index contributed by atoms with van der Waals surface area (Å²) in [6.07, 6.45) is 3.30. The fourth-order valence-corrected chi connectivity index (χ4v) is 3.85. The second kappa shape index (κ2) is 8.43. The summed E-state index contributed by atoms with van der Waals surface area (Å²) in [6.45, 7) is 3.67. The molecule has 1 saturated heterocycles. The number of fused-ring (bicyclic) bond motifs is 1. The molecule has 7 nitrogen and oxygen atoms in total. The lowest BCUT2D eigenvalue weighted by Crippen LogP contribution is -2.41. The standard InChI is InChI=1S/C22H24N4O3/c1-16(27)20-24-19-10-5-11-23-21(19)26(20)14-18-9-6-12-25(13-18)22(28)29-15-17-7-3-2-4-8-17/h2-5,7-8,10-11,18H,6,9,12-15H2,1H3/t18-/m0/s1. The van der Waals surface area contributed by atoms with E-state index in [4.69, 9.17) is 4.74 Å². The molecule has 1 atom stereocenters. The number of hydrogen-bond donors (Lipinski definition) is 0. The van der Waals surface area contributed by atoms with Crippen LogP contribution in [0, 0.1) is 5.92 Å². The first kappa shape index (κ1) is 19.1. The van der Waals surface area contributed by atoms with Crippen molar-refractivity contribution in [2.24, 2.45) is 5.92 Å². The van der Waals surface area contributed by atoms with E-state index in [1.54, 1.807) is 11.1 Å². The molecule has 0 aliphatic carbocycles. The molecule has 7 heteroatoms. The molecule has 0 unspecified atom stereocenters. The number of aromatic nitrogens is 3.